The molecule has 1 unspecified atom stereocenters. The Hall–Kier alpha value is -3.11. The lowest BCUT2D eigenvalue weighted by Gasteiger charge is -2.19. The first-order valence-corrected chi connectivity index (χ1v) is 11.3. The topological polar surface area (TPSA) is 120 Å². The van der Waals surface area contributed by atoms with E-state index in [1.54, 1.807) is 37.3 Å². The van der Waals surface area contributed by atoms with Crippen molar-refractivity contribution in [3.63, 3.8) is 0 Å². The molecule has 1 amide bonds. The van der Waals surface area contributed by atoms with E-state index in [9.17, 15) is 18.0 Å². The number of carbonyl (C=O) groups is 2. The van der Waals surface area contributed by atoms with Crippen LogP contribution < -0.4 is 19.5 Å². The van der Waals surface area contributed by atoms with Gasteiger partial charge in [-0.3, -0.25) is 9.59 Å². The van der Waals surface area contributed by atoms with Gasteiger partial charge < -0.3 is 19.5 Å². The molecule has 10 heteroatoms. The highest BCUT2D eigenvalue weighted by atomic mass is 32.2. The molecule has 0 saturated heterocycles. The van der Waals surface area contributed by atoms with E-state index in [4.69, 9.17) is 14.2 Å². The number of nitrogens with one attached hydrogen (secondary N) is 2. The standard InChI is InChI=1S/C22H28N2O7S/c1-14-6-9-18(10-7-14)32(27,28)24-16(3)22(26)31-13-21(25)23-15(2)19-12-17(29-4)8-11-20(19)30-5/h6-12,15-16,24H,13H2,1-5H3,(H,23,25)/t15?,16-/m0/s1. The van der Waals surface area contributed by atoms with Crippen molar-refractivity contribution in [3.8, 4) is 11.5 Å². The third-order valence-electron chi connectivity index (χ3n) is 4.64. The van der Waals surface area contributed by atoms with Crippen molar-refractivity contribution in [3.05, 3.63) is 53.6 Å². The largest absolute Gasteiger partial charge is 0.497 e. The number of hydrogen-bond acceptors (Lipinski definition) is 7. The molecule has 0 aliphatic carbocycles. The number of benzene rings is 2. The van der Waals surface area contributed by atoms with Gasteiger partial charge in [0.15, 0.2) is 6.61 Å². The van der Waals surface area contributed by atoms with Gasteiger partial charge >= 0.3 is 5.97 Å². The highest BCUT2D eigenvalue weighted by Crippen LogP contribution is 2.29. The van der Waals surface area contributed by atoms with Crippen LogP contribution in [0.15, 0.2) is 47.4 Å². The number of sulfonamides is 1. The minimum atomic E-state index is -3.91. The summed E-state index contributed by atoms with van der Waals surface area (Å²) in [6.07, 6.45) is 0. The van der Waals surface area contributed by atoms with E-state index >= 15 is 0 Å². The lowest BCUT2D eigenvalue weighted by molar-refractivity contribution is -0.149. The average Bonchev–Trinajstić information content (AvgIpc) is 2.76. The predicted molar refractivity (Wildman–Crippen MR) is 118 cm³/mol. The third kappa shape index (κ3) is 6.69. The number of aryl methyl sites for hydroxylation is 1. The molecule has 0 spiro atoms. The molecule has 174 valence electrons. The average molecular weight is 465 g/mol. The Morgan fingerprint density at radius 2 is 1.66 bits per heavy atom. The van der Waals surface area contributed by atoms with Gasteiger partial charge in [0.25, 0.3) is 5.91 Å². The first-order chi connectivity index (χ1) is 15.1. The number of hydrogen-bond donors (Lipinski definition) is 2. The normalized spacial score (nSPS) is 13.0. The molecule has 0 aliphatic rings. The van der Waals surface area contributed by atoms with Crippen LogP contribution in [0.5, 0.6) is 11.5 Å². The van der Waals surface area contributed by atoms with Crippen LogP contribution in [-0.4, -0.2) is 47.2 Å². The van der Waals surface area contributed by atoms with Crippen molar-refractivity contribution in [2.75, 3.05) is 20.8 Å². The second-order valence-corrected chi connectivity index (χ2v) is 8.87. The monoisotopic (exact) mass is 464 g/mol. The zero-order valence-electron chi connectivity index (χ0n) is 18.7. The van der Waals surface area contributed by atoms with E-state index in [0.717, 1.165) is 5.56 Å². The van der Waals surface area contributed by atoms with Crippen LogP contribution in [0.25, 0.3) is 0 Å². The molecule has 2 rings (SSSR count). The summed E-state index contributed by atoms with van der Waals surface area (Å²) in [4.78, 5) is 24.5. The van der Waals surface area contributed by atoms with Crippen LogP contribution in [-0.2, 0) is 24.3 Å². The fourth-order valence-corrected chi connectivity index (χ4v) is 4.06. The number of methoxy groups -OCH3 is 2. The van der Waals surface area contributed by atoms with Crippen LogP contribution in [0.2, 0.25) is 0 Å². The maximum atomic E-state index is 12.4. The summed E-state index contributed by atoms with van der Waals surface area (Å²) in [5.41, 5.74) is 1.59. The molecule has 32 heavy (non-hydrogen) atoms. The van der Waals surface area contributed by atoms with Crippen molar-refractivity contribution in [2.45, 2.75) is 37.8 Å². The number of ether oxygens (including phenoxy) is 3. The molecule has 9 nitrogen and oxygen atoms in total. The summed E-state index contributed by atoms with van der Waals surface area (Å²) in [5, 5.41) is 2.71. The summed E-state index contributed by atoms with van der Waals surface area (Å²) in [5.74, 6) is -0.260. The first kappa shape index (κ1) is 25.2. The van der Waals surface area contributed by atoms with Gasteiger partial charge in [-0.1, -0.05) is 17.7 Å². The summed E-state index contributed by atoms with van der Waals surface area (Å²) in [6, 6.07) is 9.75. The third-order valence-corrected chi connectivity index (χ3v) is 6.20. The summed E-state index contributed by atoms with van der Waals surface area (Å²) in [6.45, 7) is 4.36. The van der Waals surface area contributed by atoms with Crippen LogP contribution >= 0.6 is 0 Å². The molecule has 0 saturated carbocycles. The maximum absolute atomic E-state index is 12.4. The summed E-state index contributed by atoms with van der Waals surface area (Å²) < 4.78 is 42.5. The second kappa shape index (κ2) is 11.0. The molecule has 2 aromatic carbocycles. The van der Waals surface area contributed by atoms with Gasteiger partial charge in [-0.05, 0) is 51.1 Å². The summed E-state index contributed by atoms with van der Waals surface area (Å²) >= 11 is 0. The van der Waals surface area contributed by atoms with Crippen LogP contribution in [0.3, 0.4) is 0 Å². The molecule has 0 aliphatic heterocycles. The number of rotatable bonds is 10. The van der Waals surface area contributed by atoms with Gasteiger partial charge in [0.1, 0.15) is 17.5 Å². The Balaban J connectivity index is 1.92. The van der Waals surface area contributed by atoms with Crippen LogP contribution in [0.1, 0.15) is 31.0 Å². The minimum absolute atomic E-state index is 0.0292. The molecular weight excluding hydrogens is 436 g/mol. The van der Waals surface area contributed by atoms with Crippen molar-refractivity contribution >= 4 is 21.9 Å². The van der Waals surface area contributed by atoms with Crippen LogP contribution in [0.4, 0.5) is 0 Å². The molecule has 0 bridgehead atoms. The Morgan fingerprint density at radius 1 is 1.00 bits per heavy atom. The van der Waals surface area contributed by atoms with E-state index in [0.29, 0.717) is 17.1 Å². The Labute approximate surface area is 188 Å². The zero-order valence-corrected chi connectivity index (χ0v) is 19.5. The van der Waals surface area contributed by atoms with Crippen molar-refractivity contribution in [1.82, 2.24) is 10.0 Å². The Bertz CT molecular complexity index is 1050. The summed E-state index contributed by atoms with van der Waals surface area (Å²) in [7, 11) is -0.862. The zero-order chi connectivity index (χ0) is 23.9. The lowest BCUT2D eigenvalue weighted by atomic mass is 10.1. The van der Waals surface area contributed by atoms with E-state index in [1.807, 2.05) is 6.92 Å². The van der Waals surface area contributed by atoms with Gasteiger partial charge in [0.2, 0.25) is 10.0 Å². The fourth-order valence-electron chi connectivity index (χ4n) is 2.87. The van der Waals surface area contributed by atoms with E-state index in [1.165, 1.54) is 33.3 Å². The highest BCUT2D eigenvalue weighted by Gasteiger charge is 2.24. The number of esters is 1. The van der Waals surface area contributed by atoms with Gasteiger partial charge in [-0.25, -0.2) is 8.42 Å². The maximum Gasteiger partial charge on any atom is 0.324 e. The Morgan fingerprint density at radius 3 is 2.25 bits per heavy atom. The Kier molecular flexibility index (Phi) is 8.62. The van der Waals surface area contributed by atoms with Crippen molar-refractivity contribution < 1.29 is 32.2 Å². The quantitative estimate of drug-likeness (QED) is 0.517. The van der Waals surface area contributed by atoms with Crippen LogP contribution in [0, 0.1) is 6.92 Å². The van der Waals surface area contributed by atoms with Gasteiger partial charge in [-0.2, -0.15) is 4.72 Å². The van der Waals surface area contributed by atoms with Gasteiger partial charge in [0, 0.05) is 5.56 Å². The first-order valence-electron chi connectivity index (χ1n) is 9.84. The highest BCUT2D eigenvalue weighted by molar-refractivity contribution is 7.89. The number of carbonyl (C=O) groups excluding carboxylic acids is 2. The van der Waals surface area contributed by atoms with E-state index in [-0.39, 0.29) is 4.90 Å². The smallest absolute Gasteiger partial charge is 0.324 e. The van der Waals surface area contributed by atoms with Crippen molar-refractivity contribution in [1.29, 1.82) is 0 Å². The molecule has 0 heterocycles. The lowest BCUT2D eigenvalue weighted by Crippen LogP contribution is -2.41. The van der Waals surface area contributed by atoms with Gasteiger partial charge in [0.05, 0.1) is 25.2 Å². The molecule has 0 fully saturated rings. The molecule has 2 aromatic rings. The molecule has 2 N–H and O–H groups in total. The van der Waals surface area contributed by atoms with E-state index < -0.39 is 40.6 Å². The second-order valence-electron chi connectivity index (χ2n) is 7.16. The van der Waals surface area contributed by atoms with Crippen molar-refractivity contribution in [2.24, 2.45) is 0 Å². The van der Waals surface area contributed by atoms with Gasteiger partial charge in [-0.15, -0.1) is 0 Å². The minimum Gasteiger partial charge on any atom is -0.497 e. The predicted octanol–water partition coefficient (Wildman–Crippen LogP) is 2.10. The molecule has 2 atom stereocenters. The number of amides is 1. The molecule has 0 radical (unpaired) electrons. The molecular formula is C22H28N2O7S. The molecule has 0 aromatic heterocycles. The van der Waals surface area contributed by atoms with E-state index in [2.05, 4.69) is 10.0 Å². The fraction of sp³-hybridized carbons (Fsp3) is 0.364. The SMILES string of the molecule is COc1ccc(OC)c(C(C)NC(=O)COC(=O)[C@H](C)NS(=O)(=O)c2ccc(C)cc2)c1.